The number of nitro groups is 1. The summed E-state index contributed by atoms with van der Waals surface area (Å²) >= 11 is 0. The summed E-state index contributed by atoms with van der Waals surface area (Å²) in [5.74, 6) is -0.0788. The van der Waals surface area contributed by atoms with Gasteiger partial charge >= 0.3 is 0 Å². The fraction of sp³-hybridized carbons (Fsp3) is 0.227. The van der Waals surface area contributed by atoms with Crippen LogP contribution in [0.4, 0.5) is 5.69 Å². The fourth-order valence-corrected chi connectivity index (χ4v) is 3.35. The van der Waals surface area contributed by atoms with E-state index < -0.39 is 4.92 Å². The number of hydrogen-bond donors (Lipinski definition) is 0. The van der Waals surface area contributed by atoms with Crippen LogP contribution in [-0.2, 0) is 13.1 Å². The van der Waals surface area contributed by atoms with E-state index in [9.17, 15) is 14.9 Å². The predicted molar refractivity (Wildman–Crippen MR) is 106 cm³/mol. The first kappa shape index (κ1) is 18.0. The molecule has 1 fully saturated rings. The van der Waals surface area contributed by atoms with Gasteiger partial charge in [0.1, 0.15) is 0 Å². The first-order valence-electron chi connectivity index (χ1n) is 9.35. The van der Waals surface area contributed by atoms with Crippen LogP contribution in [0.3, 0.4) is 0 Å². The summed E-state index contributed by atoms with van der Waals surface area (Å²) in [7, 11) is 0. The molecule has 4 rings (SSSR count). The predicted octanol–water partition coefficient (Wildman–Crippen LogP) is 4.25. The van der Waals surface area contributed by atoms with Gasteiger partial charge in [0.25, 0.3) is 11.6 Å². The molecule has 1 aromatic heterocycles. The molecule has 1 aliphatic rings. The molecule has 2 aromatic carbocycles. The average Bonchev–Trinajstić information content (AvgIpc) is 3.47. The Hall–Kier alpha value is -3.41. The smallest absolute Gasteiger partial charge is 0.269 e. The van der Waals surface area contributed by atoms with Crippen LogP contribution in [0.5, 0.6) is 0 Å². The Morgan fingerprint density at radius 1 is 1.04 bits per heavy atom. The Kier molecular flexibility index (Phi) is 4.93. The quantitative estimate of drug-likeness (QED) is 0.458. The van der Waals surface area contributed by atoms with Crippen molar-refractivity contribution < 1.29 is 9.72 Å². The number of aromatic nitrogens is 1. The van der Waals surface area contributed by atoms with Gasteiger partial charge in [0.15, 0.2) is 0 Å². The van der Waals surface area contributed by atoms with Gasteiger partial charge in [-0.05, 0) is 42.7 Å². The number of benzene rings is 2. The third-order valence-corrected chi connectivity index (χ3v) is 5.03. The summed E-state index contributed by atoms with van der Waals surface area (Å²) in [6.45, 7) is 1.29. The second-order valence-corrected chi connectivity index (χ2v) is 7.08. The Bertz CT molecular complexity index is 976. The lowest BCUT2D eigenvalue weighted by atomic mass is 10.1. The lowest BCUT2D eigenvalue weighted by Crippen LogP contribution is -2.33. The van der Waals surface area contributed by atoms with Crippen LogP contribution in [-0.4, -0.2) is 26.3 Å². The highest BCUT2D eigenvalue weighted by Crippen LogP contribution is 2.30. The molecule has 0 N–H and O–H groups in total. The summed E-state index contributed by atoms with van der Waals surface area (Å²) in [5.41, 5.74) is 2.76. The van der Waals surface area contributed by atoms with Gasteiger partial charge in [0.05, 0.1) is 11.5 Å². The zero-order valence-corrected chi connectivity index (χ0v) is 15.4. The van der Waals surface area contributed by atoms with E-state index in [0.717, 1.165) is 25.1 Å². The number of carbonyl (C=O) groups is 1. The maximum atomic E-state index is 13.1. The lowest BCUT2D eigenvalue weighted by molar-refractivity contribution is -0.384. The molecule has 0 unspecified atom stereocenters. The van der Waals surface area contributed by atoms with E-state index in [2.05, 4.69) is 16.7 Å². The molecule has 0 bridgehead atoms. The molecular weight excluding hydrogens is 354 g/mol. The van der Waals surface area contributed by atoms with Gasteiger partial charge < -0.3 is 9.47 Å². The highest BCUT2D eigenvalue weighted by atomic mass is 16.6. The van der Waals surface area contributed by atoms with Gasteiger partial charge in [-0.1, -0.05) is 30.3 Å². The Morgan fingerprint density at radius 3 is 2.39 bits per heavy atom. The van der Waals surface area contributed by atoms with E-state index >= 15 is 0 Å². The minimum atomic E-state index is -0.455. The molecule has 0 saturated heterocycles. The first-order chi connectivity index (χ1) is 13.6. The summed E-state index contributed by atoms with van der Waals surface area (Å²) in [6.07, 6.45) is 4.03. The number of amides is 1. The number of nitrogens with zero attached hydrogens (tertiary/aromatic N) is 3. The molecule has 1 amide bonds. The molecule has 1 saturated carbocycles. The van der Waals surface area contributed by atoms with Crippen molar-refractivity contribution in [2.45, 2.75) is 32.0 Å². The molecule has 6 heteroatoms. The van der Waals surface area contributed by atoms with Crippen LogP contribution in [0, 0.1) is 10.1 Å². The van der Waals surface area contributed by atoms with Crippen molar-refractivity contribution >= 4 is 11.6 Å². The molecule has 1 aliphatic carbocycles. The summed E-state index contributed by atoms with van der Waals surface area (Å²) in [6, 6.07) is 20.3. The van der Waals surface area contributed by atoms with E-state index in [1.807, 2.05) is 41.4 Å². The maximum absolute atomic E-state index is 13.1. The monoisotopic (exact) mass is 375 g/mol. The van der Waals surface area contributed by atoms with E-state index in [4.69, 9.17) is 0 Å². The third-order valence-electron chi connectivity index (χ3n) is 5.03. The highest BCUT2D eigenvalue weighted by molar-refractivity contribution is 5.94. The zero-order valence-electron chi connectivity index (χ0n) is 15.4. The normalized spacial score (nSPS) is 13.3. The van der Waals surface area contributed by atoms with Crippen molar-refractivity contribution in [2.24, 2.45) is 0 Å². The molecule has 3 aromatic rings. The molecule has 6 nitrogen and oxygen atoms in total. The van der Waals surface area contributed by atoms with Crippen LogP contribution >= 0.6 is 0 Å². The van der Waals surface area contributed by atoms with Crippen molar-refractivity contribution in [1.29, 1.82) is 0 Å². The van der Waals surface area contributed by atoms with Gasteiger partial charge in [-0.15, -0.1) is 0 Å². The van der Waals surface area contributed by atoms with Crippen molar-refractivity contribution in [2.75, 3.05) is 0 Å². The molecule has 0 spiro atoms. The lowest BCUT2D eigenvalue weighted by Gasteiger charge is -2.23. The van der Waals surface area contributed by atoms with E-state index in [1.54, 1.807) is 12.1 Å². The summed E-state index contributed by atoms with van der Waals surface area (Å²) in [4.78, 5) is 25.3. The Morgan fingerprint density at radius 2 is 1.75 bits per heavy atom. The zero-order chi connectivity index (χ0) is 19.5. The minimum absolute atomic E-state index is 0.00809. The van der Waals surface area contributed by atoms with Crippen LogP contribution in [0.2, 0.25) is 0 Å². The number of rotatable bonds is 7. The van der Waals surface area contributed by atoms with Gasteiger partial charge in [0, 0.05) is 42.2 Å². The summed E-state index contributed by atoms with van der Waals surface area (Å²) in [5, 5.41) is 10.8. The topological polar surface area (TPSA) is 68.4 Å². The van der Waals surface area contributed by atoms with Crippen molar-refractivity contribution in [3.63, 3.8) is 0 Å². The molecule has 28 heavy (non-hydrogen) atoms. The van der Waals surface area contributed by atoms with Crippen molar-refractivity contribution in [1.82, 2.24) is 9.47 Å². The third kappa shape index (κ3) is 3.96. The number of hydrogen-bond acceptors (Lipinski definition) is 3. The van der Waals surface area contributed by atoms with Gasteiger partial charge in [-0.25, -0.2) is 0 Å². The van der Waals surface area contributed by atoms with Crippen LogP contribution in [0.15, 0.2) is 72.9 Å². The summed E-state index contributed by atoms with van der Waals surface area (Å²) < 4.78 is 2.16. The van der Waals surface area contributed by atoms with Gasteiger partial charge in [-0.2, -0.15) is 0 Å². The van der Waals surface area contributed by atoms with Gasteiger partial charge in [-0.3, -0.25) is 14.9 Å². The molecule has 0 radical (unpaired) electrons. The van der Waals surface area contributed by atoms with Crippen LogP contribution in [0.25, 0.3) is 0 Å². The Labute approximate surface area is 163 Å². The highest BCUT2D eigenvalue weighted by Gasteiger charge is 2.33. The maximum Gasteiger partial charge on any atom is 0.269 e. The van der Waals surface area contributed by atoms with Crippen molar-refractivity contribution in [3.05, 3.63) is 99.9 Å². The number of carbonyl (C=O) groups excluding carboxylic acids is 1. The molecule has 0 aliphatic heterocycles. The average molecular weight is 375 g/mol. The van der Waals surface area contributed by atoms with Crippen LogP contribution < -0.4 is 0 Å². The molecular formula is C22H21N3O3. The van der Waals surface area contributed by atoms with E-state index in [1.165, 1.54) is 17.7 Å². The molecule has 142 valence electrons. The SMILES string of the molecule is O=C(c1ccc([N+](=O)[O-])cc1)N(Cc1cccn1Cc1ccccc1)C1CC1. The minimum Gasteiger partial charge on any atom is -0.345 e. The second-order valence-electron chi connectivity index (χ2n) is 7.08. The van der Waals surface area contributed by atoms with E-state index in [-0.39, 0.29) is 17.6 Å². The second kappa shape index (κ2) is 7.68. The largest absolute Gasteiger partial charge is 0.345 e. The molecule has 1 heterocycles. The number of nitro benzene ring substituents is 1. The van der Waals surface area contributed by atoms with E-state index in [0.29, 0.717) is 12.1 Å². The van der Waals surface area contributed by atoms with Crippen molar-refractivity contribution in [3.8, 4) is 0 Å². The van der Waals surface area contributed by atoms with Gasteiger partial charge in [0.2, 0.25) is 0 Å². The first-order valence-corrected chi connectivity index (χ1v) is 9.35. The fourth-order valence-electron chi connectivity index (χ4n) is 3.35. The Balaban J connectivity index is 1.53. The van der Waals surface area contributed by atoms with Crippen LogP contribution in [0.1, 0.15) is 34.5 Å². The number of non-ortho nitro benzene ring substituents is 1. The standard InChI is InChI=1S/C22H21N3O3/c26-22(18-8-10-20(11-9-18)25(27)28)24(19-12-13-19)16-21-7-4-14-23(21)15-17-5-2-1-3-6-17/h1-11,14,19H,12-13,15-16H2. The molecule has 0 atom stereocenters.